The Morgan fingerprint density at radius 1 is 0.921 bits per heavy atom. The van der Waals surface area contributed by atoms with Crippen LogP contribution in [0.1, 0.15) is 37.5 Å². The maximum absolute atomic E-state index is 13.7. The lowest BCUT2D eigenvalue weighted by Gasteiger charge is -2.18. The van der Waals surface area contributed by atoms with Gasteiger partial charge in [-0.25, -0.2) is 32.4 Å². The number of hydrogen-bond acceptors (Lipinski definition) is 4. The molecular weight excluding hydrogens is 515 g/mol. The van der Waals surface area contributed by atoms with Crippen molar-refractivity contribution in [3.8, 4) is 0 Å². The van der Waals surface area contributed by atoms with Crippen LogP contribution < -0.4 is 21.9 Å². The van der Waals surface area contributed by atoms with E-state index in [0.717, 1.165) is 6.92 Å². The molecule has 0 aliphatic heterocycles. The maximum Gasteiger partial charge on any atom is 0.311 e. The first kappa shape index (κ1) is 31.1. The number of alkyl halides is 7. The molecule has 0 spiro atoms. The van der Waals surface area contributed by atoms with Gasteiger partial charge in [0.25, 0.3) is 5.92 Å². The highest BCUT2D eigenvalue weighted by atomic mass is 19.3. The Labute approximate surface area is 217 Å². The minimum atomic E-state index is -4.12. The molecule has 2 atom stereocenters. The topological polar surface area (TPSA) is 74.5 Å². The zero-order valence-corrected chi connectivity index (χ0v) is 21.2. The fourth-order valence-corrected chi connectivity index (χ4v) is 3.33. The minimum Gasteiger partial charge on any atom is -0.402 e. The van der Waals surface area contributed by atoms with Crippen LogP contribution in [0.15, 0.2) is 65.3 Å². The number of amidine groups is 1. The molecule has 0 aliphatic rings. The Hall–Kier alpha value is -3.12. The first-order chi connectivity index (χ1) is 17.7. The van der Waals surface area contributed by atoms with E-state index in [1.54, 1.807) is 38.1 Å². The molecule has 0 aliphatic carbocycles. The van der Waals surface area contributed by atoms with Crippen LogP contribution in [-0.4, -0.2) is 36.4 Å². The molecule has 2 aromatic rings. The molecular formula is C26H32F7N5. The smallest absolute Gasteiger partial charge is 0.311 e. The van der Waals surface area contributed by atoms with Crippen LogP contribution in [-0.2, 0) is 19.4 Å². The van der Waals surface area contributed by atoms with Gasteiger partial charge in [-0.2, -0.15) is 8.78 Å². The van der Waals surface area contributed by atoms with Crippen LogP contribution in [0.2, 0.25) is 0 Å². The van der Waals surface area contributed by atoms with E-state index in [2.05, 4.69) is 21.2 Å². The standard InChI is InChI=1S/C26H32F7N5/c1-16(34)11-23(37-22-9-7-19(8-10-22)13-26(32,33)24(28)29)36-18(3)38-35-15-21-6-4-5-20(12-21)14-25(30,31)17(2)27/h4-12,17-18,24,35,38H,13-15,34H2,1-3H3,(H,36,37)/b16-11-. The number of allylic oxidation sites excluding steroid dienone is 1. The third kappa shape index (κ3) is 10.3. The van der Waals surface area contributed by atoms with Gasteiger partial charge in [-0.1, -0.05) is 36.4 Å². The fraction of sp³-hybridized carbons (Fsp3) is 0.423. The lowest BCUT2D eigenvalue weighted by Crippen LogP contribution is -2.38. The number of hydrazine groups is 1. The normalized spacial score (nSPS) is 15.0. The number of nitrogens with two attached hydrogens (primary N) is 1. The average Bonchev–Trinajstić information content (AvgIpc) is 2.79. The van der Waals surface area contributed by atoms with Crippen molar-refractivity contribution in [1.29, 1.82) is 0 Å². The van der Waals surface area contributed by atoms with Crippen LogP contribution >= 0.6 is 0 Å². The number of anilines is 1. The van der Waals surface area contributed by atoms with Gasteiger partial charge in [-0.3, -0.25) is 5.43 Å². The second-order valence-corrected chi connectivity index (χ2v) is 9.01. The van der Waals surface area contributed by atoms with Crippen LogP contribution in [0.5, 0.6) is 0 Å². The molecule has 0 saturated carbocycles. The molecule has 2 aromatic carbocycles. The fourth-order valence-electron chi connectivity index (χ4n) is 3.33. The summed E-state index contributed by atoms with van der Waals surface area (Å²) in [6, 6.07) is 12.0. The molecule has 2 unspecified atom stereocenters. The van der Waals surface area contributed by atoms with Gasteiger partial charge in [0.1, 0.15) is 12.0 Å². The summed E-state index contributed by atoms with van der Waals surface area (Å²) in [6.07, 6.45) is -6.75. The van der Waals surface area contributed by atoms with E-state index in [-0.39, 0.29) is 12.1 Å². The highest BCUT2D eigenvalue weighted by molar-refractivity contribution is 6.04. The van der Waals surface area contributed by atoms with Gasteiger partial charge < -0.3 is 11.1 Å². The highest BCUT2D eigenvalue weighted by Crippen LogP contribution is 2.28. The number of aliphatic imine (C=N–C) groups is 1. The Morgan fingerprint density at radius 3 is 2.11 bits per heavy atom. The molecule has 0 amide bonds. The summed E-state index contributed by atoms with van der Waals surface area (Å²) in [4.78, 5) is 4.45. The van der Waals surface area contributed by atoms with Crippen molar-refractivity contribution < 1.29 is 30.7 Å². The predicted octanol–water partition coefficient (Wildman–Crippen LogP) is 5.98. The molecule has 0 heterocycles. The van der Waals surface area contributed by atoms with Crippen molar-refractivity contribution >= 4 is 11.5 Å². The molecule has 38 heavy (non-hydrogen) atoms. The third-order valence-electron chi connectivity index (χ3n) is 5.30. The lowest BCUT2D eigenvalue weighted by molar-refractivity contribution is -0.127. The Morgan fingerprint density at radius 2 is 1.53 bits per heavy atom. The Kier molecular flexibility index (Phi) is 11.1. The van der Waals surface area contributed by atoms with E-state index in [1.807, 2.05) is 0 Å². The van der Waals surface area contributed by atoms with Gasteiger partial charge in [-0.05, 0) is 55.7 Å². The van der Waals surface area contributed by atoms with Gasteiger partial charge in [0, 0.05) is 30.8 Å². The van der Waals surface area contributed by atoms with Gasteiger partial charge in [0.05, 0.1) is 0 Å². The van der Waals surface area contributed by atoms with Crippen molar-refractivity contribution in [2.75, 3.05) is 5.32 Å². The first-order valence-electron chi connectivity index (χ1n) is 11.8. The summed E-state index contributed by atoms with van der Waals surface area (Å²) in [6.45, 7) is 4.46. The van der Waals surface area contributed by atoms with Crippen molar-refractivity contribution in [2.45, 2.75) is 70.8 Å². The lowest BCUT2D eigenvalue weighted by atomic mass is 10.0. The molecule has 0 radical (unpaired) electrons. The first-order valence-corrected chi connectivity index (χ1v) is 11.8. The van der Waals surface area contributed by atoms with E-state index < -0.39 is 43.4 Å². The largest absolute Gasteiger partial charge is 0.402 e. The van der Waals surface area contributed by atoms with Crippen LogP contribution in [0.25, 0.3) is 0 Å². The van der Waals surface area contributed by atoms with Gasteiger partial charge in [0.2, 0.25) is 0 Å². The molecule has 0 saturated heterocycles. The summed E-state index contributed by atoms with van der Waals surface area (Å²) >= 11 is 0. The van der Waals surface area contributed by atoms with E-state index in [4.69, 9.17) is 5.73 Å². The van der Waals surface area contributed by atoms with E-state index >= 15 is 0 Å². The average molecular weight is 548 g/mol. The second kappa shape index (κ2) is 13.6. The van der Waals surface area contributed by atoms with Crippen LogP contribution in [0.3, 0.4) is 0 Å². The van der Waals surface area contributed by atoms with E-state index in [1.165, 1.54) is 30.3 Å². The monoisotopic (exact) mass is 547 g/mol. The molecule has 12 heteroatoms. The summed E-state index contributed by atoms with van der Waals surface area (Å²) < 4.78 is 92.0. The second-order valence-electron chi connectivity index (χ2n) is 9.01. The van der Waals surface area contributed by atoms with Crippen molar-refractivity contribution in [3.05, 3.63) is 77.0 Å². The number of halogens is 7. The molecule has 5 N–H and O–H groups in total. The summed E-state index contributed by atoms with van der Waals surface area (Å²) in [5.74, 6) is -7.24. The van der Waals surface area contributed by atoms with E-state index in [0.29, 0.717) is 28.3 Å². The van der Waals surface area contributed by atoms with Crippen molar-refractivity contribution in [2.24, 2.45) is 10.7 Å². The summed E-state index contributed by atoms with van der Waals surface area (Å²) in [5, 5.41) is 2.99. The quantitative estimate of drug-likeness (QED) is 0.108. The SMILES string of the molecule is C/C(N)=C/C(=NC(C)NNCc1cccc(CC(F)(F)C(C)F)c1)Nc1ccc(CC(F)(F)C(F)F)cc1. The Balaban J connectivity index is 1.99. The number of rotatable bonds is 13. The molecule has 0 fully saturated rings. The number of nitrogens with zero attached hydrogens (tertiary/aromatic N) is 1. The number of benzene rings is 2. The molecule has 0 aromatic heterocycles. The zero-order valence-electron chi connectivity index (χ0n) is 21.2. The maximum atomic E-state index is 13.7. The van der Waals surface area contributed by atoms with Crippen molar-refractivity contribution in [1.82, 2.24) is 10.9 Å². The summed E-state index contributed by atoms with van der Waals surface area (Å²) in [5.41, 5.74) is 13.6. The number of hydrogen-bond donors (Lipinski definition) is 4. The van der Waals surface area contributed by atoms with Gasteiger partial charge >= 0.3 is 12.3 Å². The highest BCUT2D eigenvalue weighted by Gasteiger charge is 2.40. The molecule has 210 valence electrons. The molecule has 0 bridgehead atoms. The molecule has 2 rings (SSSR count). The van der Waals surface area contributed by atoms with E-state index in [9.17, 15) is 30.7 Å². The third-order valence-corrected chi connectivity index (χ3v) is 5.30. The minimum absolute atomic E-state index is 0.0520. The predicted molar refractivity (Wildman–Crippen MR) is 135 cm³/mol. The summed E-state index contributed by atoms with van der Waals surface area (Å²) in [7, 11) is 0. The number of nitrogens with one attached hydrogen (secondary N) is 3. The van der Waals surface area contributed by atoms with Gasteiger partial charge in [0.15, 0.2) is 6.17 Å². The van der Waals surface area contributed by atoms with Crippen LogP contribution in [0.4, 0.5) is 36.4 Å². The Bertz CT molecular complexity index is 1080. The van der Waals surface area contributed by atoms with Gasteiger partial charge in [-0.15, -0.1) is 0 Å². The molecule has 5 nitrogen and oxygen atoms in total. The van der Waals surface area contributed by atoms with Crippen LogP contribution in [0, 0.1) is 0 Å². The zero-order chi connectivity index (χ0) is 28.5. The van der Waals surface area contributed by atoms with Crippen molar-refractivity contribution in [3.63, 3.8) is 0 Å².